The highest BCUT2D eigenvalue weighted by molar-refractivity contribution is 7.89. The molecular weight excluding hydrogens is 302 g/mol. The van der Waals surface area contributed by atoms with E-state index in [4.69, 9.17) is 0 Å². The van der Waals surface area contributed by atoms with Crippen molar-refractivity contribution in [2.45, 2.75) is 30.7 Å². The van der Waals surface area contributed by atoms with E-state index in [0.29, 0.717) is 19.0 Å². The van der Waals surface area contributed by atoms with Crippen molar-refractivity contribution in [2.24, 2.45) is 0 Å². The van der Waals surface area contributed by atoms with Gasteiger partial charge in [0.2, 0.25) is 15.9 Å². The lowest BCUT2D eigenvalue weighted by Gasteiger charge is -2.21. The second kappa shape index (κ2) is 6.07. The van der Waals surface area contributed by atoms with Gasteiger partial charge in [-0.1, -0.05) is 0 Å². The second-order valence-corrected chi connectivity index (χ2v) is 6.78. The molecule has 1 N–H and O–H groups in total. The number of sulfonamides is 1. The molecule has 1 aliphatic rings. The molecule has 1 aromatic rings. The first-order valence-electron chi connectivity index (χ1n) is 6.54. The van der Waals surface area contributed by atoms with E-state index >= 15 is 0 Å². The maximum Gasteiger partial charge on any atom is 0.241 e. The summed E-state index contributed by atoms with van der Waals surface area (Å²) in [6.07, 6.45) is 1.22. The molecule has 1 unspecified atom stereocenters. The van der Waals surface area contributed by atoms with Crippen LogP contribution >= 0.6 is 0 Å². The fourth-order valence-corrected chi connectivity index (χ4v) is 3.56. The summed E-state index contributed by atoms with van der Waals surface area (Å²) in [7, 11) is -4.03. The average molecular weight is 318 g/mol. The number of hydrogen-bond acceptors (Lipinski definition) is 3. The fourth-order valence-electron chi connectivity index (χ4n) is 2.28. The summed E-state index contributed by atoms with van der Waals surface area (Å²) in [5.74, 6) is -1.94. The van der Waals surface area contributed by atoms with Crippen molar-refractivity contribution in [3.8, 4) is 0 Å². The molecule has 8 heteroatoms. The van der Waals surface area contributed by atoms with Gasteiger partial charge in [-0.3, -0.25) is 4.79 Å². The van der Waals surface area contributed by atoms with Gasteiger partial charge >= 0.3 is 0 Å². The Labute approximate surface area is 122 Å². The number of amides is 1. The molecule has 1 saturated heterocycles. The monoisotopic (exact) mass is 318 g/mol. The lowest BCUT2D eigenvalue weighted by molar-refractivity contribution is -0.127. The summed E-state index contributed by atoms with van der Waals surface area (Å²) in [6.45, 7) is 2.42. The molecule has 1 aromatic carbocycles. The minimum absolute atomic E-state index is 0.0159. The van der Waals surface area contributed by atoms with Crippen LogP contribution in [0.5, 0.6) is 0 Å². The lowest BCUT2D eigenvalue weighted by Crippen LogP contribution is -2.42. The first-order chi connectivity index (χ1) is 9.78. The molecule has 1 heterocycles. The highest BCUT2D eigenvalue weighted by Gasteiger charge is 2.25. The lowest BCUT2D eigenvalue weighted by atomic mass is 10.3. The van der Waals surface area contributed by atoms with Crippen molar-refractivity contribution in [2.75, 3.05) is 13.1 Å². The normalized spacial score (nSPS) is 17.3. The molecule has 0 radical (unpaired) electrons. The molecule has 0 aromatic heterocycles. The predicted octanol–water partition coefficient (Wildman–Crippen LogP) is 1.25. The molecule has 0 saturated carbocycles. The summed E-state index contributed by atoms with van der Waals surface area (Å²) in [5, 5.41) is 0. The smallest absolute Gasteiger partial charge is 0.241 e. The Balaban J connectivity index is 2.07. The predicted molar refractivity (Wildman–Crippen MR) is 72.0 cm³/mol. The topological polar surface area (TPSA) is 66.5 Å². The van der Waals surface area contributed by atoms with E-state index in [-0.39, 0.29) is 12.5 Å². The minimum atomic E-state index is -4.03. The molecule has 1 atom stereocenters. The number of carbonyl (C=O) groups is 1. The van der Waals surface area contributed by atoms with E-state index in [0.717, 1.165) is 18.6 Å². The Morgan fingerprint density at radius 3 is 2.43 bits per heavy atom. The van der Waals surface area contributed by atoms with Crippen LogP contribution in [-0.2, 0) is 14.8 Å². The molecule has 1 fully saturated rings. The van der Waals surface area contributed by atoms with Crippen LogP contribution in [0.15, 0.2) is 23.1 Å². The molecular formula is C13H16F2N2O3S. The third-order valence-electron chi connectivity index (χ3n) is 3.17. The summed E-state index contributed by atoms with van der Waals surface area (Å²) >= 11 is 0. The van der Waals surface area contributed by atoms with Crippen LogP contribution in [0.2, 0.25) is 0 Å². The Kier molecular flexibility index (Phi) is 4.58. The Morgan fingerprint density at radius 2 is 1.90 bits per heavy atom. The number of rotatable bonds is 5. The van der Waals surface area contributed by atoms with Crippen LogP contribution in [0.4, 0.5) is 8.78 Å². The quantitative estimate of drug-likeness (QED) is 0.889. The van der Waals surface area contributed by atoms with E-state index in [1.165, 1.54) is 0 Å². The number of halogens is 2. The third-order valence-corrected chi connectivity index (χ3v) is 4.74. The standard InChI is InChI=1S/C13H16F2N2O3S/c1-9(8-17-4-2-3-13(17)18)16-21(19,20)12-6-10(14)5-11(15)7-12/h5-7,9,16H,2-4,8H2,1H3. The van der Waals surface area contributed by atoms with E-state index in [9.17, 15) is 22.0 Å². The van der Waals surface area contributed by atoms with Gasteiger partial charge in [0, 0.05) is 31.6 Å². The average Bonchev–Trinajstić information content (AvgIpc) is 2.73. The number of nitrogens with zero attached hydrogens (tertiary/aromatic N) is 1. The van der Waals surface area contributed by atoms with Gasteiger partial charge in [-0.25, -0.2) is 21.9 Å². The highest BCUT2D eigenvalue weighted by Crippen LogP contribution is 2.15. The van der Waals surface area contributed by atoms with Crippen LogP contribution in [0.3, 0.4) is 0 Å². The van der Waals surface area contributed by atoms with Crippen LogP contribution in [0.1, 0.15) is 19.8 Å². The van der Waals surface area contributed by atoms with E-state index in [1.807, 2.05) is 0 Å². The van der Waals surface area contributed by atoms with Crippen LogP contribution in [-0.4, -0.2) is 38.4 Å². The van der Waals surface area contributed by atoms with Crippen molar-refractivity contribution in [1.82, 2.24) is 9.62 Å². The molecule has 0 aliphatic carbocycles. The van der Waals surface area contributed by atoms with Gasteiger partial charge < -0.3 is 4.90 Å². The van der Waals surface area contributed by atoms with Crippen molar-refractivity contribution >= 4 is 15.9 Å². The van der Waals surface area contributed by atoms with Crippen LogP contribution in [0.25, 0.3) is 0 Å². The van der Waals surface area contributed by atoms with Gasteiger partial charge in [-0.15, -0.1) is 0 Å². The fraction of sp³-hybridized carbons (Fsp3) is 0.462. The first kappa shape index (κ1) is 15.8. The molecule has 0 bridgehead atoms. The summed E-state index contributed by atoms with van der Waals surface area (Å²) < 4.78 is 52.6. The van der Waals surface area contributed by atoms with Crippen molar-refractivity contribution in [1.29, 1.82) is 0 Å². The van der Waals surface area contributed by atoms with E-state index in [1.54, 1.807) is 11.8 Å². The Hall–Kier alpha value is -1.54. The molecule has 1 aliphatic heterocycles. The van der Waals surface area contributed by atoms with Gasteiger partial charge in [0.05, 0.1) is 4.90 Å². The van der Waals surface area contributed by atoms with Crippen LogP contribution < -0.4 is 4.72 Å². The third kappa shape index (κ3) is 3.98. The maximum absolute atomic E-state index is 13.1. The second-order valence-electron chi connectivity index (χ2n) is 5.07. The first-order valence-corrected chi connectivity index (χ1v) is 8.02. The highest BCUT2D eigenvalue weighted by atomic mass is 32.2. The van der Waals surface area contributed by atoms with Gasteiger partial charge in [0.1, 0.15) is 11.6 Å². The zero-order chi connectivity index (χ0) is 15.6. The number of carbonyl (C=O) groups excluding carboxylic acids is 1. The number of benzene rings is 1. The Morgan fingerprint density at radius 1 is 1.29 bits per heavy atom. The van der Waals surface area contributed by atoms with Crippen molar-refractivity contribution < 1.29 is 22.0 Å². The summed E-state index contributed by atoms with van der Waals surface area (Å²) in [4.78, 5) is 12.6. The SMILES string of the molecule is CC(CN1CCCC1=O)NS(=O)(=O)c1cc(F)cc(F)c1. The van der Waals surface area contributed by atoms with Crippen molar-refractivity contribution in [3.05, 3.63) is 29.8 Å². The van der Waals surface area contributed by atoms with Gasteiger partial charge in [-0.05, 0) is 25.5 Å². The molecule has 116 valence electrons. The minimum Gasteiger partial charge on any atom is -0.341 e. The number of likely N-dealkylation sites (tertiary alicyclic amines) is 1. The number of nitrogens with one attached hydrogen (secondary N) is 1. The Bertz CT molecular complexity index is 629. The summed E-state index contributed by atoms with van der Waals surface area (Å²) in [6, 6.07) is 1.55. The van der Waals surface area contributed by atoms with Gasteiger partial charge in [0.25, 0.3) is 0 Å². The number of hydrogen-bond donors (Lipinski definition) is 1. The zero-order valence-electron chi connectivity index (χ0n) is 11.5. The maximum atomic E-state index is 13.1. The van der Waals surface area contributed by atoms with E-state index < -0.39 is 32.6 Å². The molecule has 0 spiro atoms. The molecule has 21 heavy (non-hydrogen) atoms. The zero-order valence-corrected chi connectivity index (χ0v) is 12.3. The van der Waals surface area contributed by atoms with Crippen LogP contribution in [0, 0.1) is 11.6 Å². The van der Waals surface area contributed by atoms with Gasteiger partial charge in [-0.2, -0.15) is 0 Å². The summed E-state index contributed by atoms with van der Waals surface area (Å²) in [5.41, 5.74) is 0. The molecule has 2 rings (SSSR count). The molecule has 5 nitrogen and oxygen atoms in total. The van der Waals surface area contributed by atoms with Crippen molar-refractivity contribution in [3.63, 3.8) is 0 Å². The largest absolute Gasteiger partial charge is 0.341 e. The van der Waals surface area contributed by atoms with E-state index in [2.05, 4.69) is 4.72 Å². The molecule has 1 amide bonds. The van der Waals surface area contributed by atoms with Gasteiger partial charge in [0.15, 0.2) is 0 Å².